The summed E-state index contributed by atoms with van der Waals surface area (Å²) in [4.78, 5) is 12.7. The lowest BCUT2D eigenvalue weighted by molar-refractivity contribution is 0.0400. The minimum atomic E-state index is -0.785. The second kappa shape index (κ2) is 3.81. The molecule has 0 aromatic heterocycles. The Morgan fingerprint density at radius 3 is 2.81 bits per heavy atom. The van der Waals surface area contributed by atoms with Gasteiger partial charge in [-0.1, -0.05) is 20.8 Å². The Balaban J connectivity index is 2.26. The van der Waals surface area contributed by atoms with E-state index in [9.17, 15) is 4.79 Å². The van der Waals surface area contributed by atoms with Crippen LogP contribution in [0.3, 0.4) is 0 Å². The van der Waals surface area contributed by atoms with Gasteiger partial charge in [0.25, 0.3) is 0 Å². The number of nitrogens with one attached hydrogen (secondary N) is 1. The van der Waals surface area contributed by atoms with Crippen molar-refractivity contribution in [3.05, 3.63) is 0 Å². The monoisotopic (exact) mass is 244 g/mol. The number of piperazine rings is 1. The third-order valence-corrected chi connectivity index (χ3v) is 5.09. The van der Waals surface area contributed by atoms with Gasteiger partial charge >= 0.3 is 6.09 Å². The van der Waals surface area contributed by atoms with E-state index in [0.717, 1.165) is 11.5 Å². The maximum absolute atomic E-state index is 11.1. The highest BCUT2D eigenvalue weighted by Gasteiger charge is 2.50. The second-order valence-electron chi connectivity index (χ2n) is 5.85. The van der Waals surface area contributed by atoms with E-state index in [0.29, 0.717) is 19.1 Å². The van der Waals surface area contributed by atoms with Crippen molar-refractivity contribution in [2.24, 2.45) is 5.41 Å². The summed E-state index contributed by atoms with van der Waals surface area (Å²) < 4.78 is 0. The van der Waals surface area contributed by atoms with Crippen molar-refractivity contribution < 1.29 is 9.90 Å². The van der Waals surface area contributed by atoms with E-state index >= 15 is 0 Å². The first-order chi connectivity index (χ1) is 7.34. The highest BCUT2D eigenvalue weighted by atomic mass is 32.2. The van der Waals surface area contributed by atoms with E-state index in [1.807, 2.05) is 11.8 Å². The van der Waals surface area contributed by atoms with E-state index in [-0.39, 0.29) is 11.0 Å². The number of carboxylic acid groups (broad SMARTS) is 1. The molecule has 2 rings (SSSR count). The summed E-state index contributed by atoms with van der Waals surface area (Å²) in [5, 5.41) is 12.8. The highest BCUT2D eigenvalue weighted by Crippen LogP contribution is 2.39. The van der Waals surface area contributed by atoms with Crippen LogP contribution in [0.1, 0.15) is 20.8 Å². The van der Waals surface area contributed by atoms with Crippen LogP contribution in [0.15, 0.2) is 0 Å². The number of fused-ring (bicyclic) bond motifs is 2. The minimum absolute atomic E-state index is 0.0722. The van der Waals surface area contributed by atoms with Crippen LogP contribution in [0.5, 0.6) is 0 Å². The smallest absolute Gasteiger partial charge is 0.407 e. The van der Waals surface area contributed by atoms with Crippen molar-refractivity contribution in [3.63, 3.8) is 0 Å². The molecular formula is C11H20N2O2S. The quantitative estimate of drug-likeness (QED) is 0.677. The molecule has 0 saturated carbocycles. The Labute approximate surface area is 101 Å². The summed E-state index contributed by atoms with van der Waals surface area (Å²) in [6.07, 6.45) is -0.785. The molecule has 0 radical (unpaired) electrons. The van der Waals surface area contributed by atoms with Crippen molar-refractivity contribution in [3.8, 4) is 0 Å². The van der Waals surface area contributed by atoms with Gasteiger partial charge in [-0.3, -0.25) is 0 Å². The average Bonchev–Trinajstić information content (AvgIpc) is 2.15. The molecular weight excluding hydrogens is 224 g/mol. The molecule has 1 amide bonds. The molecule has 16 heavy (non-hydrogen) atoms. The van der Waals surface area contributed by atoms with Gasteiger partial charge in [0, 0.05) is 30.6 Å². The van der Waals surface area contributed by atoms with Gasteiger partial charge in [0.1, 0.15) is 0 Å². The first kappa shape index (κ1) is 12.0. The Morgan fingerprint density at radius 1 is 1.56 bits per heavy atom. The number of thioether (sulfide) groups is 1. The molecule has 5 heteroatoms. The second-order valence-corrected chi connectivity index (χ2v) is 6.88. The van der Waals surface area contributed by atoms with Crippen LogP contribution >= 0.6 is 11.8 Å². The van der Waals surface area contributed by atoms with Gasteiger partial charge in [-0.2, -0.15) is 11.8 Å². The normalized spacial score (nSPS) is 34.9. The van der Waals surface area contributed by atoms with Crippen LogP contribution in [0, 0.1) is 5.41 Å². The van der Waals surface area contributed by atoms with Gasteiger partial charge < -0.3 is 15.3 Å². The lowest BCUT2D eigenvalue weighted by Gasteiger charge is -2.55. The van der Waals surface area contributed by atoms with Crippen LogP contribution < -0.4 is 5.32 Å². The molecule has 4 nitrogen and oxygen atoms in total. The zero-order valence-electron chi connectivity index (χ0n) is 10.1. The maximum atomic E-state index is 11.1. The van der Waals surface area contributed by atoms with Crippen molar-refractivity contribution >= 4 is 17.9 Å². The van der Waals surface area contributed by atoms with E-state index in [2.05, 4.69) is 26.1 Å². The number of rotatable bonds is 0. The molecule has 2 bridgehead atoms. The van der Waals surface area contributed by atoms with Crippen LogP contribution in [-0.4, -0.2) is 52.3 Å². The molecule has 2 atom stereocenters. The fourth-order valence-corrected chi connectivity index (χ4v) is 4.06. The molecule has 2 N–H and O–H groups in total. The summed E-state index contributed by atoms with van der Waals surface area (Å²) in [5.74, 6) is 2.01. The summed E-state index contributed by atoms with van der Waals surface area (Å²) in [7, 11) is 0. The molecule has 92 valence electrons. The zero-order valence-corrected chi connectivity index (χ0v) is 10.9. The Morgan fingerprint density at radius 2 is 2.25 bits per heavy atom. The fourth-order valence-electron chi connectivity index (χ4n) is 2.51. The molecule has 0 spiro atoms. The molecule has 2 fully saturated rings. The van der Waals surface area contributed by atoms with Crippen molar-refractivity contribution in [1.82, 2.24) is 10.2 Å². The maximum Gasteiger partial charge on any atom is 0.407 e. The Kier molecular flexibility index (Phi) is 2.87. The van der Waals surface area contributed by atoms with Gasteiger partial charge in [0.15, 0.2) is 0 Å². The zero-order chi connectivity index (χ0) is 12.0. The third-order valence-electron chi connectivity index (χ3n) is 3.76. The number of carbonyl (C=O) groups is 1. The first-order valence-electron chi connectivity index (χ1n) is 5.67. The Bertz CT molecular complexity index is 303. The third kappa shape index (κ3) is 1.91. The summed E-state index contributed by atoms with van der Waals surface area (Å²) in [6.45, 7) is 7.80. The van der Waals surface area contributed by atoms with Crippen LogP contribution in [0.4, 0.5) is 4.79 Å². The standard InChI is InChI=1S/C11H20N2O2S/c1-10(2,3)11-6-13(9(14)15)4-8(12-11)5-16-7-11/h8,12H,4-7H2,1-3H3,(H,14,15). The highest BCUT2D eigenvalue weighted by molar-refractivity contribution is 7.99. The summed E-state index contributed by atoms with van der Waals surface area (Å²) >= 11 is 1.94. The number of hydrogen-bond donors (Lipinski definition) is 2. The van der Waals surface area contributed by atoms with Crippen molar-refractivity contribution in [2.45, 2.75) is 32.4 Å². The van der Waals surface area contributed by atoms with Gasteiger partial charge in [-0.25, -0.2) is 4.79 Å². The van der Waals surface area contributed by atoms with Crippen molar-refractivity contribution in [2.75, 3.05) is 24.6 Å². The lowest BCUT2D eigenvalue weighted by Crippen LogP contribution is -2.74. The lowest BCUT2D eigenvalue weighted by atomic mass is 9.72. The van der Waals surface area contributed by atoms with Gasteiger partial charge in [-0.15, -0.1) is 0 Å². The topological polar surface area (TPSA) is 52.6 Å². The predicted octanol–water partition coefficient (Wildman–Crippen LogP) is 1.47. The molecule has 2 saturated heterocycles. The minimum Gasteiger partial charge on any atom is -0.465 e. The largest absolute Gasteiger partial charge is 0.465 e. The molecule has 0 aromatic rings. The molecule has 2 unspecified atom stereocenters. The molecule has 2 aliphatic heterocycles. The van der Waals surface area contributed by atoms with Crippen LogP contribution in [-0.2, 0) is 0 Å². The van der Waals surface area contributed by atoms with Gasteiger partial charge in [0.05, 0.1) is 5.54 Å². The van der Waals surface area contributed by atoms with Gasteiger partial charge in [-0.05, 0) is 5.41 Å². The molecule has 2 aliphatic rings. The molecule has 0 aromatic carbocycles. The van der Waals surface area contributed by atoms with Crippen LogP contribution in [0.2, 0.25) is 0 Å². The van der Waals surface area contributed by atoms with E-state index in [4.69, 9.17) is 5.11 Å². The molecule has 2 heterocycles. The van der Waals surface area contributed by atoms with E-state index in [1.54, 1.807) is 4.90 Å². The first-order valence-corrected chi connectivity index (χ1v) is 6.83. The van der Waals surface area contributed by atoms with E-state index in [1.165, 1.54) is 0 Å². The number of nitrogens with zero attached hydrogens (tertiary/aromatic N) is 1. The summed E-state index contributed by atoms with van der Waals surface area (Å²) in [5.41, 5.74) is 0.00398. The number of hydrogen-bond acceptors (Lipinski definition) is 3. The predicted molar refractivity (Wildman–Crippen MR) is 66.0 cm³/mol. The Hall–Kier alpha value is -0.420. The molecule has 0 aliphatic carbocycles. The summed E-state index contributed by atoms with van der Waals surface area (Å²) in [6, 6.07) is 0.308. The average molecular weight is 244 g/mol. The fraction of sp³-hybridized carbons (Fsp3) is 0.909. The van der Waals surface area contributed by atoms with Crippen LogP contribution in [0.25, 0.3) is 0 Å². The van der Waals surface area contributed by atoms with Gasteiger partial charge in [0.2, 0.25) is 0 Å². The van der Waals surface area contributed by atoms with Crippen molar-refractivity contribution in [1.29, 1.82) is 0 Å². The SMILES string of the molecule is CC(C)(C)C12CSCC(CN(C(=O)O)C1)N2. The number of amides is 1. The van der Waals surface area contributed by atoms with E-state index < -0.39 is 6.09 Å².